The first-order valence-electron chi connectivity index (χ1n) is 6.25. The maximum atomic E-state index is 12.0. The van der Waals surface area contributed by atoms with Gasteiger partial charge in [0.15, 0.2) is 0 Å². The van der Waals surface area contributed by atoms with Gasteiger partial charge in [0, 0.05) is 17.3 Å². The van der Waals surface area contributed by atoms with Crippen LogP contribution in [0.4, 0.5) is 5.69 Å². The standard InChI is InChI=1S/C12H15ClN6OS/c1-8-2-3-9(13)6-10(8)15-11(20)7-21-12-16-17-18-19(12)5-4-14/h2-3,6H,4-5,7,14H2,1H3,(H,15,20). The van der Waals surface area contributed by atoms with E-state index in [1.807, 2.05) is 13.0 Å². The molecule has 0 atom stereocenters. The second-order valence-electron chi connectivity index (χ2n) is 4.27. The van der Waals surface area contributed by atoms with E-state index >= 15 is 0 Å². The van der Waals surface area contributed by atoms with Crippen molar-refractivity contribution in [3.63, 3.8) is 0 Å². The Bertz CT molecular complexity index is 632. The van der Waals surface area contributed by atoms with Crippen molar-refractivity contribution in [2.45, 2.75) is 18.6 Å². The SMILES string of the molecule is Cc1ccc(Cl)cc1NC(=O)CSc1nnnn1CCN. The monoisotopic (exact) mass is 326 g/mol. The second-order valence-corrected chi connectivity index (χ2v) is 5.65. The zero-order chi connectivity index (χ0) is 15.2. The normalized spacial score (nSPS) is 10.6. The molecule has 0 saturated carbocycles. The van der Waals surface area contributed by atoms with E-state index in [1.165, 1.54) is 11.8 Å². The van der Waals surface area contributed by atoms with Crippen LogP contribution >= 0.6 is 23.4 Å². The van der Waals surface area contributed by atoms with Crippen molar-refractivity contribution in [1.82, 2.24) is 20.2 Å². The van der Waals surface area contributed by atoms with Gasteiger partial charge >= 0.3 is 0 Å². The topological polar surface area (TPSA) is 98.7 Å². The van der Waals surface area contributed by atoms with Crippen molar-refractivity contribution in [1.29, 1.82) is 0 Å². The number of benzene rings is 1. The fraction of sp³-hybridized carbons (Fsp3) is 0.333. The van der Waals surface area contributed by atoms with E-state index in [1.54, 1.807) is 16.8 Å². The van der Waals surface area contributed by atoms with Crippen molar-refractivity contribution in [2.75, 3.05) is 17.6 Å². The average Bonchev–Trinajstić information content (AvgIpc) is 2.88. The molecule has 0 aliphatic carbocycles. The third-order valence-corrected chi connectivity index (χ3v) is 3.84. The highest BCUT2D eigenvalue weighted by Gasteiger charge is 2.10. The Hall–Kier alpha value is -1.64. The second kappa shape index (κ2) is 7.39. The van der Waals surface area contributed by atoms with Gasteiger partial charge in [-0.05, 0) is 35.0 Å². The van der Waals surface area contributed by atoms with Crippen LogP contribution in [-0.2, 0) is 11.3 Å². The molecule has 1 aromatic carbocycles. The van der Waals surface area contributed by atoms with Gasteiger partial charge in [0.1, 0.15) is 0 Å². The fourth-order valence-corrected chi connectivity index (χ4v) is 2.48. The van der Waals surface area contributed by atoms with Crippen LogP contribution in [0.15, 0.2) is 23.4 Å². The predicted molar refractivity (Wildman–Crippen MR) is 82.4 cm³/mol. The molecule has 1 aromatic heterocycles. The average molecular weight is 327 g/mol. The molecule has 7 nitrogen and oxygen atoms in total. The number of hydrogen-bond acceptors (Lipinski definition) is 6. The molecule has 1 amide bonds. The minimum Gasteiger partial charge on any atom is -0.329 e. The number of anilines is 1. The lowest BCUT2D eigenvalue weighted by Gasteiger charge is -2.08. The summed E-state index contributed by atoms with van der Waals surface area (Å²) in [7, 11) is 0. The molecular weight excluding hydrogens is 312 g/mol. The maximum Gasteiger partial charge on any atom is 0.234 e. The van der Waals surface area contributed by atoms with E-state index in [4.69, 9.17) is 17.3 Å². The highest BCUT2D eigenvalue weighted by molar-refractivity contribution is 7.99. The van der Waals surface area contributed by atoms with Crippen LogP contribution in [0.25, 0.3) is 0 Å². The van der Waals surface area contributed by atoms with Crippen LogP contribution in [0, 0.1) is 6.92 Å². The first-order chi connectivity index (χ1) is 10.1. The van der Waals surface area contributed by atoms with Gasteiger partial charge < -0.3 is 11.1 Å². The third-order valence-electron chi connectivity index (χ3n) is 2.65. The van der Waals surface area contributed by atoms with E-state index in [0.717, 1.165) is 5.56 Å². The molecule has 0 aliphatic rings. The summed E-state index contributed by atoms with van der Waals surface area (Å²) >= 11 is 7.17. The zero-order valence-corrected chi connectivity index (χ0v) is 13.0. The zero-order valence-electron chi connectivity index (χ0n) is 11.4. The summed E-state index contributed by atoms with van der Waals surface area (Å²) < 4.78 is 1.57. The lowest BCUT2D eigenvalue weighted by molar-refractivity contribution is -0.113. The Balaban J connectivity index is 1.93. The van der Waals surface area contributed by atoms with E-state index in [-0.39, 0.29) is 11.7 Å². The lowest BCUT2D eigenvalue weighted by Crippen LogP contribution is -2.16. The number of halogens is 1. The van der Waals surface area contributed by atoms with Gasteiger partial charge in [-0.1, -0.05) is 29.4 Å². The van der Waals surface area contributed by atoms with Crippen molar-refractivity contribution in [3.8, 4) is 0 Å². The van der Waals surface area contributed by atoms with Crippen molar-refractivity contribution in [3.05, 3.63) is 28.8 Å². The quantitative estimate of drug-likeness (QED) is 0.777. The van der Waals surface area contributed by atoms with Gasteiger partial charge in [-0.3, -0.25) is 4.79 Å². The minimum atomic E-state index is -0.146. The fourth-order valence-electron chi connectivity index (χ4n) is 1.61. The number of nitrogens with one attached hydrogen (secondary N) is 1. The Morgan fingerprint density at radius 1 is 1.52 bits per heavy atom. The third kappa shape index (κ3) is 4.42. The molecule has 1 heterocycles. The van der Waals surface area contributed by atoms with Crippen LogP contribution in [-0.4, -0.2) is 38.4 Å². The van der Waals surface area contributed by atoms with Crippen molar-refractivity contribution >= 4 is 35.0 Å². The van der Waals surface area contributed by atoms with Gasteiger partial charge in [-0.2, -0.15) is 0 Å². The van der Waals surface area contributed by atoms with Gasteiger partial charge in [0.25, 0.3) is 0 Å². The van der Waals surface area contributed by atoms with Crippen molar-refractivity contribution < 1.29 is 4.79 Å². The number of tetrazole rings is 1. The van der Waals surface area contributed by atoms with Crippen LogP contribution < -0.4 is 11.1 Å². The van der Waals surface area contributed by atoms with E-state index in [0.29, 0.717) is 29.0 Å². The first-order valence-corrected chi connectivity index (χ1v) is 7.61. The summed E-state index contributed by atoms with van der Waals surface area (Å²) in [5.41, 5.74) is 7.11. The number of carbonyl (C=O) groups excluding carboxylic acids is 1. The molecule has 0 saturated heterocycles. The predicted octanol–water partition coefficient (Wildman–Crippen LogP) is 1.32. The Labute approximate surface area is 131 Å². The van der Waals surface area contributed by atoms with E-state index in [9.17, 15) is 4.79 Å². The number of amides is 1. The molecule has 0 radical (unpaired) electrons. The molecule has 0 unspecified atom stereocenters. The minimum absolute atomic E-state index is 0.146. The van der Waals surface area contributed by atoms with Gasteiger partial charge in [0.05, 0.1) is 12.3 Å². The van der Waals surface area contributed by atoms with Gasteiger partial charge in [0.2, 0.25) is 11.1 Å². The Morgan fingerprint density at radius 2 is 2.33 bits per heavy atom. The van der Waals surface area contributed by atoms with Crippen LogP contribution in [0.5, 0.6) is 0 Å². The molecule has 3 N–H and O–H groups in total. The molecular formula is C12H15ClN6OS. The number of rotatable bonds is 6. The first kappa shape index (κ1) is 15.7. The Morgan fingerprint density at radius 3 is 3.10 bits per heavy atom. The smallest absolute Gasteiger partial charge is 0.234 e. The van der Waals surface area contributed by atoms with E-state index < -0.39 is 0 Å². The molecule has 21 heavy (non-hydrogen) atoms. The summed E-state index contributed by atoms with van der Waals surface area (Å²) in [5.74, 6) is 0.0596. The molecule has 0 spiro atoms. The molecule has 0 bridgehead atoms. The number of aryl methyl sites for hydroxylation is 1. The lowest BCUT2D eigenvalue weighted by atomic mass is 10.2. The van der Waals surface area contributed by atoms with Crippen LogP contribution in [0.3, 0.4) is 0 Å². The summed E-state index contributed by atoms with van der Waals surface area (Å²) in [4.78, 5) is 12.0. The molecule has 9 heteroatoms. The summed E-state index contributed by atoms with van der Waals surface area (Å²) in [6, 6.07) is 5.35. The summed E-state index contributed by atoms with van der Waals surface area (Å²) in [6.07, 6.45) is 0. The number of carbonyl (C=O) groups is 1. The number of aromatic nitrogens is 4. The number of nitrogens with two attached hydrogens (primary N) is 1. The summed E-state index contributed by atoms with van der Waals surface area (Å²) in [6.45, 7) is 2.86. The molecule has 0 aliphatic heterocycles. The van der Waals surface area contributed by atoms with Crippen LogP contribution in [0.2, 0.25) is 5.02 Å². The molecule has 2 aromatic rings. The Kier molecular flexibility index (Phi) is 5.54. The number of hydrogen-bond donors (Lipinski definition) is 2. The largest absolute Gasteiger partial charge is 0.329 e. The van der Waals surface area contributed by atoms with E-state index in [2.05, 4.69) is 20.8 Å². The maximum absolute atomic E-state index is 12.0. The van der Waals surface area contributed by atoms with Crippen LogP contribution in [0.1, 0.15) is 5.56 Å². The highest BCUT2D eigenvalue weighted by Crippen LogP contribution is 2.21. The molecule has 2 rings (SSSR count). The van der Waals surface area contributed by atoms with Gasteiger partial charge in [-0.25, -0.2) is 4.68 Å². The van der Waals surface area contributed by atoms with Crippen molar-refractivity contribution in [2.24, 2.45) is 5.73 Å². The highest BCUT2D eigenvalue weighted by atomic mass is 35.5. The number of thioether (sulfide) groups is 1. The molecule has 0 fully saturated rings. The van der Waals surface area contributed by atoms with Gasteiger partial charge in [-0.15, -0.1) is 5.10 Å². The molecule has 112 valence electrons. The number of nitrogens with zero attached hydrogens (tertiary/aromatic N) is 4. The summed E-state index contributed by atoms with van der Waals surface area (Å²) in [5, 5.41) is 15.2.